The van der Waals surface area contributed by atoms with Gasteiger partial charge in [0.1, 0.15) is 0 Å². The van der Waals surface area contributed by atoms with Crippen molar-refractivity contribution in [3.05, 3.63) is 33.8 Å². The Morgan fingerprint density at radius 3 is 2.50 bits per heavy atom. The fraction of sp³-hybridized carbons (Fsp3) is 0.538. The third-order valence-electron chi connectivity index (χ3n) is 3.30. The molecule has 1 aromatic carbocycles. The molecule has 1 aliphatic rings. The molecule has 0 radical (unpaired) electrons. The van der Waals surface area contributed by atoms with Crippen molar-refractivity contribution in [2.24, 2.45) is 0 Å². The monoisotopic (exact) mass is 320 g/mol. The molecule has 2 atom stereocenters. The zero-order chi connectivity index (χ0) is 11.5. The first-order valence-corrected chi connectivity index (χ1v) is 7.44. The molecule has 88 valence electrons. The number of alkyl halides is 1. The minimum Gasteiger partial charge on any atom is -0.0884 e. The number of benzene rings is 1. The Bertz CT molecular complexity index is 365. The normalized spacial score (nSPS) is 26.4. The molecule has 3 heteroatoms. The Hall–Kier alpha value is 0.280. The molecule has 1 aliphatic carbocycles. The van der Waals surface area contributed by atoms with Crippen LogP contribution in [-0.4, -0.2) is 4.83 Å². The van der Waals surface area contributed by atoms with E-state index in [1.165, 1.54) is 37.7 Å². The molecule has 2 rings (SSSR count). The summed E-state index contributed by atoms with van der Waals surface area (Å²) in [6.07, 6.45) is 6.49. The van der Waals surface area contributed by atoms with Crippen molar-refractivity contribution < 1.29 is 0 Å². The lowest BCUT2D eigenvalue weighted by atomic mass is 9.92. The summed E-state index contributed by atoms with van der Waals surface area (Å²) in [6.45, 7) is 0. The summed E-state index contributed by atoms with van der Waals surface area (Å²) in [5.74, 6) is 0.581. The number of hydrogen-bond donors (Lipinski definition) is 0. The van der Waals surface area contributed by atoms with Crippen LogP contribution in [0, 0.1) is 0 Å². The summed E-state index contributed by atoms with van der Waals surface area (Å²) >= 11 is 15.8. The first-order valence-electron chi connectivity index (χ1n) is 5.77. The lowest BCUT2D eigenvalue weighted by molar-refractivity contribution is 0.612. The predicted octanol–water partition coefficient (Wildman–Crippen LogP) is 5.80. The Morgan fingerprint density at radius 1 is 1.00 bits per heavy atom. The molecule has 0 nitrogen and oxygen atoms in total. The van der Waals surface area contributed by atoms with E-state index >= 15 is 0 Å². The first kappa shape index (κ1) is 12.7. The second-order valence-corrected chi connectivity index (χ2v) is 6.42. The second kappa shape index (κ2) is 5.75. The largest absolute Gasteiger partial charge is 0.0884 e. The van der Waals surface area contributed by atoms with Crippen LogP contribution in [0.15, 0.2) is 18.2 Å². The van der Waals surface area contributed by atoms with E-state index in [4.69, 9.17) is 23.2 Å². The third-order valence-corrected chi connectivity index (χ3v) is 5.14. The number of halogens is 3. The van der Waals surface area contributed by atoms with Crippen molar-refractivity contribution in [1.29, 1.82) is 0 Å². The molecular weight excluding hydrogens is 307 g/mol. The summed E-state index contributed by atoms with van der Waals surface area (Å²) in [5, 5.41) is 1.31. The number of hydrogen-bond acceptors (Lipinski definition) is 0. The Labute approximate surface area is 115 Å². The van der Waals surface area contributed by atoms with Crippen LogP contribution in [0.4, 0.5) is 0 Å². The van der Waals surface area contributed by atoms with Gasteiger partial charge in [0.15, 0.2) is 0 Å². The Kier molecular flexibility index (Phi) is 4.57. The van der Waals surface area contributed by atoms with Crippen LogP contribution in [0.25, 0.3) is 0 Å². The molecule has 0 spiro atoms. The van der Waals surface area contributed by atoms with Crippen LogP contribution in [0.1, 0.15) is 43.6 Å². The predicted molar refractivity (Wildman–Crippen MR) is 75.0 cm³/mol. The minimum atomic E-state index is 0.576. The maximum Gasteiger partial charge on any atom is 0.0595 e. The van der Waals surface area contributed by atoms with Crippen molar-refractivity contribution in [2.75, 3.05) is 0 Å². The SMILES string of the molecule is Clc1ccc(C2CCCCCC2Br)cc1Cl. The fourth-order valence-corrected chi connectivity index (χ4v) is 3.58. The quantitative estimate of drug-likeness (QED) is 0.452. The first-order chi connectivity index (χ1) is 7.68. The molecule has 0 N–H and O–H groups in total. The molecule has 0 amide bonds. The molecule has 0 saturated heterocycles. The standard InChI is InChI=1S/C13H15BrCl2/c14-11-5-3-1-2-4-10(11)9-6-7-12(15)13(16)8-9/h6-8,10-11H,1-5H2. The van der Waals surface area contributed by atoms with Crippen molar-refractivity contribution in [3.8, 4) is 0 Å². The minimum absolute atomic E-state index is 0.576. The van der Waals surface area contributed by atoms with Crippen LogP contribution in [0.2, 0.25) is 10.0 Å². The van der Waals surface area contributed by atoms with E-state index in [1.54, 1.807) is 0 Å². The maximum atomic E-state index is 6.07. The lowest BCUT2D eigenvalue weighted by Gasteiger charge is -2.20. The smallest absolute Gasteiger partial charge is 0.0595 e. The van der Waals surface area contributed by atoms with Gasteiger partial charge in [-0.3, -0.25) is 0 Å². The fourth-order valence-electron chi connectivity index (χ4n) is 2.38. The highest BCUT2D eigenvalue weighted by Gasteiger charge is 2.23. The average molecular weight is 322 g/mol. The summed E-state index contributed by atoms with van der Waals surface area (Å²) < 4.78 is 0. The molecule has 0 heterocycles. The van der Waals surface area contributed by atoms with Gasteiger partial charge in [-0.05, 0) is 36.5 Å². The maximum absolute atomic E-state index is 6.07. The van der Waals surface area contributed by atoms with Crippen LogP contribution in [0.3, 0.4) is 0 Å². The Morgan fingerprint density at radius 2 is 1.75 bits per heavy atom. The van der Waals surface area contributed by atoms with Gasteiger partial charge in [0.05, 0.1) is 10.0 Å². The van der Waals surface area contributed by atoms with Crippen molar-refractivity contribution in [2.45, 2.75) is 42.8 Å². The van der Waals surface area contributed by atoms with Crippen LogP contribution in [0.5, 0.6) is 0 Å². The van der Waals surface area contributed by atoms with Gasteiger partial charge in [0.25, 0.3) is 0 Å². The highest BCUT2D eigenvalue weighted by atomic mass is 79.9. The van der Waals surface area contributed by atoms with E-state index in [9.17, 15) is 0 Å². The molecule has 1 saturated carbocycles. The van der Waals surface area contributed by atoms with E-state index in [-0.39, 0.29) is 0 Å². The van der Waals surface area contributed by atoms with Crippen molar-refractivity contribution in [3.63, 3.8) is 0 Å². The second-order valence-electron chi connectivity index (χ2n) is 4.43. The summed E-state index contributed by atoms with van der Waals surface area (Å²) in [6, 6.07) is 6.04. The number of rotatable bonds is 1. The summed E-state index contributed by atoms with van der Waals surface area (Å²) in [7, 11) is 0. The molecule has 16 heavy (non-hydrogen) atoms. The highest BCUT2D eigenvalue weighted by Crippen LogP contribution is 2.38. The van der Waals surface area contributed by atoms with Gasteiger partial charge in [-0.1, -0.05) is 64.5 Å². The van der Waals surface area contributed by atoms with Gasteiger partial charge in [0, 0.05) is 4.83 Å². The van der Waals surface area contributed by atoms with Gasteiger partial charge in [-0.2, -0.15) is 0 Å². The third kappa shape index (κ3) is 2.94. The van der Waals surface area contributed by atoms with E-state index in [0.717, 1.165) is 0 Å². The van der Waals surface area contributed by atoms with E-state index in [1.807, 2.05) is 12.1 Å². The highest BCUT2D eigenvalue weighted by molar-refractivity contribution is 9.09. The van der Waals surface area contributed by atoms with E-state index in [2.05, 4.69) is 22.0 Å². The van der Waals surface area contributed by atoms with Crippen LogP contribution >= 0.6 is 39.1 Å². The van der Waals surface area contributed by atoms with Gasteiger partial charge in [-0.25, -0.2) is 0 Å². The van der Waals surface area contributed by atoms with E-state index < -0.39 is 0 Å². The lowest BCUT2D eigenvalue weighted by Crippen LogP contribution is -2.10. The molecule has 1 aromatic rings. The van der Waals surface area contributed by atoms with Gasteiger partial charge < -0.3 is 0 Å². The van der Waals surface area contributed by atoms with Gasteiger partial charge >= 0.3 is 0 Å². The molecule has 0 aliphatic heterocycles. The molecular formula is C13H15BrCl2. The zero-order valence-electron chi connectivity index (χ0n) is 9.06. The van der Waals surface area contributed by atoms with Crippen molar-refractivity contribution >= 4 is 39.1 Å². The van der Waals surface area contributed by atoms with Crippen molar-refractivity contribution in [1.82, 2.24) is 0 Å². The zero-order valence-corrected chi connectivity index (χ0v) is 12.2. The summed E-state index contributed by atoms with van der Waals surface area (Å²) in [4.78, 5) is 0.576. The molecule has 2 unspecified atom stereocenters. The van der Waals surface area contributed by atoms with Crippen LogP contribution in [-0.2, 0) is 0 Å². The molecule has 1 fully saturated rings. The van der Waals surface area contributed by atoms with Crippen LogP contribution < -0.4 is 0 Å². The molecule has 0 bridgehead atoms. The Balaban J connectivity index is 2.23. The van der Waals surface area contributed by atoms with E-state index in [0.29, 0.717) is 20.8 Å². The van der Waals surface area contributed by atoms with Gasteiger partial charge in [-0.15, -0.1) is 0 Å². The summed E-state index contributed by atoms with van der Waals surface area (Å²) in [5.41, 5.74) is 1.32. The van der Waals surface area contributed by atoms with Gasteiger partial charge in [0.2, 0.25) is 0 Å². The average Bonchev–Trinajstić information content (AvgIpc) is 2.47. The topological polar surface area (TPSA) is 0 Å². The molecule has 0 aromatic heterocycles.